The van der Waals surface area contributed by atoms with E-state index >= 15 is 0 Å². The van der Waals surface area contributed by atoms with E-state index in [2.05, 4.69) is 18.2 Å². The Morgan fingerprint density at radius 3 is 2.24 bits per heavy atom. The molecule has 3 aromatic rings. The van der Waals surface area contributed by atoms with Gasteiger partial charge in [0.05, 0.1) is 0 Å². The van der Waals surface area contributed by atoms with Crippen molar-refractivity contribution in [2.24, 2.45) is 5.73 Å². The van der Waals surface area contributed by atoms with Gasteiger partial charge in [-0.25, -0.2) is 0 Å². The Hall–Kier alpha value is -2.87. The molecule has 2 heteroatoms. The summed E-state index contributed by atoms with van der Waals surface area (Å²) in [5, 5.41) is 2.25. The summed E-state index contributed by atoms with van der Waals surface area (Å²) in [5.74, 6) is -0.443. The second-order valence-electron chi connectivity index (χ2n) is 4.85. The first kappa shape index (κ1) is 13.1. The molecule has 0 saturated carbocycles. The van der Waals surface area contributed by atoms with Crippen LogP contribution in [0, 0.1) is 0 Å². The van der Waals surface area contributed by atoms with Crippen molar-refractivity contribution in [3.63, 3.8) is 0 Å². The van der Waals surface area contributed by atoms with Crippen LogP contribution in [0.4, 0.5) is 0 Å². The fourth-order valence-corrected chi connectivity index (χ4v) is 2.54. The summed E-state index contributed by atoms with van der Waals surface area (Å²) in [6, 6.07) is 24.0. The van der Waals surface area contributed by atoms with Crippen LogP contribution in [-0.2, 0) is 4.79 Å². The fourth-order valence-electron chi connectivity index (χ4n) is 2.54. The van der Waals surface area contributed by atoms with Gasteiger partial charge in [-0.2, -0.15) is 0 Å². The van der Waals surface area contributed by atoms with Crippen molar-refractivity contribution >= 4 is 22.3 Å². The lowest BCUT2D eigenvalue weighted by atomic mass is 9.93. The predicted molar refractivity (Wildman–Crippen MR) is 86.7 cm³/mol. The van der Waals surface area contributed by atoms with Crippen molar-refractivity contribution in [3.8, 4) is 0 Å². The van der Waals surface area contributed by atoms with Gasteiger partial charge in [-0.05, 0) is 27.5 Å². The largest absolute Gasteiger partial charge is 0.366 e. The van der Waals surface area contributed by atoms with Crippen molar-refractivity contribution in [2.75, 3.05) is 0 Å². The zero-order valence-electron chi connectivity index (χ0n) is 11.5. The number of primary amides is 1. The lowest BCUT2D eigenvalue weighted by Gasteiger charge is -2.11. The van der Waals surface area contributed by atoms with Crippen molar-refractivity contribution in [1.82, 2.24) is 0 Å². The van der Waals surface area contributed by atoms with Crippen molar-refractivity contribution in [1.29, 1.82) is 0 Å². The van der Waals surface area contributed by atoms with Crippen LogP contribution < -0.4 is 5.73 Å². The van der Waals surface area contributed by atoms with E-state index in [-0.39, 0.29) is 0 Å². The van der Waals surface area contributed by atoms with Crippen LogP contribution in [0.15, 0.2) is 78.9 Å². The van der Waals surface area contributed by atoms with Gasteiger partial charge in [0.15, 0.2) is 0 Å². The van der Waals surface area contributed by atoms with E-state index in [9.17, 15) is 4.79 Å². The molecule has 0 bridgehead atoms. The topological polar surface area (TPSA) is 43.1 Å². The molecule has 0 atom stereocenters. The molecule has 0 unspecified atom stereocenters. The molecular formula is C19H15NO. The highest BCUT2D eigenvalue weighted by molar-refractivity contribution is 6.04. The number of nitrogens with two attached hydrogens (primary N) is 1. The molecule has 2 N–H and O–H groups in total. The number of hydrogen-bond donors (Lipinski definition) is 1. The molecule has 0 saturated heterocycles. The Morgan fingerprint density at radius 2 is 1.48 bits per heavy atom. The van der Waals surface area contributed by atoms with Gasteiger partial charge in [0.25, 0.3) is 0 Å². The predicted octanol–water partition coefficient (Wildman–Crippen LogP) is 3.76. The monoisotopic (exact) mass is 273 g/mol. The molecule has 0 aliphatic heterocycles. The van der Waals surface area contributed by atoms with Gasteiger partial charge in [0, 0.05) is 6.08 Å². The van der Waals surface area contributed by atoms with Crippen LogP contribution in [0.3, 0.4) is 0 Å². The third-order valence-electron chi connectivity index (χ3n) is 3.45. The normalized spacial score (nSPS) is 11.5. The van der Waals surface area contributed by atoms with Gasteiger partial charge in [-0.1, -0.05) is 72.8 Å². The van der Waals surface area contributed by atoms with E-state index in [1.54, 1.807) is 0 Å². The summed E-state index contributed by atoms with van der Waals surface area (Å²) < 4.78 is 0. The van der Waals surface area contributed by atoms with E-state index < -0.39 is 5.91 Å². The number of benzene rings is 3. The van der Waals surface area contributed by atoms with E-state index in [4.69, 9.17) is 5.73 Å². The summed E-state index contributed by atoms with van der Waals surface area (Å²) in [5.41, 5.74) is 8.24. The highest BCUT2D eigenvalue weighted by Crippen LogP contribution is 2.29. The lowest BCUT2D eigenvalue weighted by molar-refractivity contribution is -0.113. The molecule has 21 heavy (non-hydrogen) atoms. The summed E-state index contributed by atoms with van der Waals surface area (Å²) >= 11 is 0. The Bertz CT molecular complexity index is 814. The van der Waals surface area contributed by atoms with E-state index in [0.29, 0.717) is 0 Å². The minimum absolute atomic E-state index is 0.443. The van der Waals surface area contributed by atoms with Gasteiger partial charge >= 0.3 is 0 Å². The van der Waals surface area contributed by atoms with Crippen molar-refractivity contribution in [2.45, 2.75) is 0 Å². The first-order valence-corrected chi connectivity index (χ1v) is 6.80. The smallest absolute Gasteiger partial charge is 0.242 e. The molecule has 3 aromatic carbocycles. The maximum atomic E-state index is 11.4. The molecule has 102 valence electrons. The lowest BCUT2D eigenvalue weighted by Crippen LogP contribution is -2.07. The summed E-state index contributed by atoms with van der Waals surface area (Å²) in [4.78, 5) is 11.4. The third-order valence-corrected chi connectivity index (χ3v) is 3.45. The summed E-state index contributed by atoms with van der Waals surface area (Å²) in [6.45, 7) is 0. The SMILES string of the molecule is NC(=O)/C=C(\c1ccccc1)c1cccc2ccccc12. The number of amides is 1. The number of fused-ring (bicyclic) bond motifs is 1. The first-order valence-electron chi connectivity index (χ1n) is 6.80. The minimum Gasteiger partial charge on any atom is -0.366 e. The van der Waals surface area contributed by atoms with Gasteiger partial charge in [-0.3, -0.25) is 4.79 Å². The molecule has 0 aliphatic carbocycles. The average Bonchev–Trinajstić information content (AvgIpc) is 2.53. The van der Waals surface area contributed by atoms with E-state index in [1.165, 1.54) is 6.08 Å². The molecule has 0 radical (unpaired) electrons. The van der Waals surface area contributed by atoms with Gasteiger partial charge in [0.1, 0.15) is 0 Å². The zero-order chi connectivity index (χ0) is 14.7. The Balaban J connectivity index is 2.28. The second kappa shape index (κ2) is 5.63. The molecule has 2 nitrogen and oxygen atoms in total. The highest BCUT2D eigenvalue weighted by Gasteiger charge is 2.09. The Kier molecular flexibility index (Phi) is 3.52. The van der Waals surface area contributed by atoms with Crippen LogP contribution in [0.1, 0.15) is 11.1 Å². The Labute approximate surface area is 123 Å². The van der Waals surface area contributed by atoms with Gasteiger partial charge < -0.3 is 5.73 Å². The fraction of sp³-hybridized carbons (Fsp3) is 0. The first-order chi connectivity index (χ1) is 10.3. The van der Waals surface area contributed by atoms with Gasteiger partial charge in [-0.15, -0.1) is 0 Å². The molecule has 1 amide bonds. The molecule has 0 heterocycles. The molecular weight excluding hydrogens is 258 g/mol. The minimum atomic E-state index is -0.443. The van der Waals surface area contributed by atoms with Crippen molar-refractivity contribution in [3.05, 3.63) is 90.0 Å². The third kappa shape index (κ3) is 2.70. The van der Waals surface area contributed by atoms with Gasteiger partial charge in [0.2, 0.25) is 5.91 Å². The highest BCUT2D eigenvalue weighted by atomic mass is 16.1. The number of carbonyl (C=O) groups is 1. The van der Waals surface area contributed by atoms with E-state index in [0.717, 1.165) is 27.5 Å². The summed E-state index contributed by atoms with van der Waals surface area (Å²) in [7, 11) is 0. The molecule has 3 rings (SSSR count). The van der Waals surface area contributed by atoms with Crippen LogP contribution >= 0.6 is 0 Å². The maximum absolute atomic E-state index is 11.4. The zero-order valence-corrected chi connectivity index (χ0v) is 11.5. The Morgan fingerprint density at radius 1 is 0.810 bits per heavy atom. The number of hydrogen-bond acceptors (Lipinski definition) is 1. The van der Waals surface area contributed by atoms with Crippen LogP contribution in [-0.4, -0.2) is 5.91 Å². The molecule has 0 aromatic heterocycles. The quantitative estimate of drug-likeness (QED) is 0.725. The number of carbonyl (C=O) groups excluding carboxylic acids is 1. The van der Waals surface area contributed by atoms with Crippen molar-refractivity contribution < 1.29 is 4.79 Å². The average molecular weight is 273 g/mol. The van der Waals surface area contributed by atoms with E-state index in [1.807, 2.05) is 54.6 Å². The molecule has 0 aliphatic rings. The van der Waals surface area contributed by atoms with Crippen LogP contribution in [0.5, 0.6) is 0 Å². The molecule has 0 fully saturated rings. The van der Waals surface area contributed by atoms with Crippen LogP contribution in [0.2, 0.25) is 0 Å². The number of rotatable bonds is 3. The molecule has 0 spiro atoms. The van der Waals surface area contributed by atoms with Crippen LogP contribution in [0.25, 0.3) is 16.3 Å². The summed E-state index contributed by atoms with van der Waals surface area (Å²) in [6.07, 6.45) is 1.50. The second-order valence-corrected chi connectivity index (χ2v) is 4.85. The standard InChI is InChI=1S/C19H15NO/c20-19(21)13-18(15-7-2-1-3-8-15)17-12-6-10-14-9-4-5-11-16(14)17/h1-13H,(H2,20,21)/b18-13+. The maximum Gasteiger partial charge on any atom is 0.242 e.